The molecule has 0 aliphatic heterocycles. The first-order chi connectivity index (χ1) is 29.0. The molecular formula is C52H102N2O5. The normalized spacial score (nSPS) is 13.8. The molecule has 1 aliphatic rings. The summed E-state index contributed by atoms with van der Waals surface area (Å²) in [5.41, 5.74) is 0. The van der Waals surface area contributed by atoms with Gasteiger partial charge in [-0.3, -0.25) is 19.4 Å². The van der Waals surface area contributed by atoms with Gasteiger partial charge in [0.15, 0.2) is 0 Å². The van der Waals surface area contributed by atoms with Gasteiger partial charge in [-0.25, -0.2) is 0 Å². The van der Waals surface area contributed by atoms with E-state index >= 15 is 0 Å². The topological polar surface area (TPSA) is 79.3 Å². The number of carbonyl (C=O) groups excluding carboxylic acids is 2. The zero-order valence-corrected chi connectivity index (χ0v) is 39.9. The van der Waals surface area contributed by atoms with Crippen LogP contribution >= 0.6 is 0 Å². The molecule has 7 heteroatoms. The quantitative estimate of drug-likeness (QED) is 0.0372. The van der Waals surface area contributed by atoms with Gasteiger partial charge in [0.2, 0.25) is 0 Å². The van der Waals surface area contributed by atoms with Crippen molar-refractivity contribution in [1.29, 1.82) is 0 Å². The lowest BCUT2D eigenvalue weighted by atomic mass is 9.91. The van der Waals surface area contributed by atoms with Crippen molar-refractivity contribution in [2.45, 2.75) is 264 Å². The molecule has 0 unspecified atom stereocenters. The van der Waals surface area contributed by atoms with Gasteiger partial charge in [0.1, 0.15) is 0 Å². The number of esters is 2. The number of hydrogen-bond donors (Lipinski definition) is 1. The molecule has 1 aliphatic carbocycles. The first kappa shape index (κ1) is 55.8. The molecule has 350 valence electrons. The van der Waals surface area contributed by atoms with Crippen LogP contribution in [0.25, 0.3) is 0 Å². The molecule has 0 amide bonds. The van der Waals surface area contributed by atoms with Crippen molar-refractivity contribution in [3.8, 4) is 0 Å². The van der Waals surface area contributed by atoms with Crippen molar-refractivity contribution in [2.75, 3.05) is 52.5 Å². The summed E-state index contributed by atoms with van der Waals surface area (Å²) in [6.07, 6.45) is 44.8. The lowest BCUT2D eigenvalue weighted by Gasteiger charge is -2.33. The van der Waals surface area contributed by atoms with Gasteiger partial charge in [0.25, 0.3) is 0 Å². The number of rotatable bonds is 44. The molecule has 1 saturated carbocycles. The Kier molecular flexibility index (Phi) is 41.1. The van der Waals surface area contributed by atoms with Crippen molar-refractivity contribution in [3.05, 3.63) is 0 Å². The Morgan fingerprint density at radius 1 is 0.492 bits per heavy atom. The van der Waals surface area contributed by atoms with Crippen molar-refractivity contribution in [1.82, 2.24) is 9.80 Å². The van der Waals surface area contributed by atoms with E-state index in [1.165, 1.54) is 173 Å². The molecule has 0 saturated heterocycles. The van der Waals surface area contributed by atoms with Crippen LogP contribution in [0, 0.1) is 5.92 Å². The minimum Gasteiger partial charge on any atom is -0.466 e. The summed E-state index contributed by atoms with van der Waals surface area (Å²) < 4.78 is 11.4. The van der Waals surface area contributed by atoms with E-state index in [1.807, 2.05) is 0 Å². The Morgan fingerprint density at radius 3 is 1.47 bits per heavy atom. The Bertz CT molecular complexity index is 878. The highest BCUT2D eigenvalue weighted by Gasteiger charge is 2.21. The van der Waals surface area contributed by atoms with Gasteiger partial charge in [-0.1, -0.05) is 175 Å². The molecule has 1 N–H and O–H groups in total. The van der Waals surface area contributed by atoms with Gasteiger partial charge in [-0.05, 0) is 89.6 Å². The van der Waals surface area contributed by atoms with Gasteiger partial charge in [0, 0.05) is 38.5 Å². The second-order valence-corrected chi connectivity index (χ2v) is 18.6. The third kappa shape index (κ3) is 36.1. The van der Waals surface area contributed by atoms with Gasteiger partial charge in [-0.2, -0.15) is 0 Å². The molecule has 0 aromatic carbocycles. The lowest BCUT2D eigenvalue weighted by molar-refractivity contribution is -0.145. The Labute approximate surface area is 367 Å². The van der Waals surface area contributed by atoms with Crippen molar-refractivity contribution < 1.29 is 24.2 Å². The van der Waals surface area contributed by atoms with E-state index in [4.69, 9.17) is 9.47 Å². The summed E-state index contributed by atoms with van der Waals surface area (Å²) in [5, 5.41) is 9.90. The maximum absolute atomic E-state index is 12.9. The Balaban J connectivity index is 2.36. The van der Waals surface area contributed by atoms with E-state index in [0.717, 1.165) is 84.1 Å². The monoisotopic (exact) mass is 835 g/mol. The summed E-state index contributed by atoms with van der Waals surface area (Å²) in [7, 11) is 0. The number of aliphatic hydroxyl groups excluding tert-OH is 1. The highest BCUT2D eigenvalue weighted by Crippen LogP contribution is 2.24. The largest absolute Gasteiger partial charge is 0.466 e. The van der Waals surface area contributed by atoms with E-state index in [-0.39, 0.29) is 18.5 Å². The van der Waals surface area contributed by atoms with Crippen LogP contribution < -0.4 is 0 Å². The van der Waals surface area contributed by atoms with Gasteiger partial charge in [0.05, 0.1) is 19.8 Å². The van der Waals surface area contributed by atoms with Gasteiger partial charge in [-0.15, -0.1) is 0 Å². The minimum atomic E-state index is -0.0145. The summed E-state index contributed by atoms with van der Waals surface area (Å²) in [4.78, 5) is 30.3. The van der Waals surface area contributed by atoms with Crippen LogP contribution in [0.15, 0.2) is 0 Å². The number of unbranched alkanes of at least 4 members (excludes halogenated alkanes) is 22. The highest BCUT2D eigenvalue weighted by atomic mass is 16.5. The second kappa shape index (κ2) is 43.5. The first-order valence-corrected chi connectivity index (χ1v) is 26.4. The average Bonchev–Trinajstić information content (AvgIpc) is 3.53. The van der Waals surface area contributed by atoms with Crippen LogP contribution in [-0.4, -0.2) is 85.4 Å². The number of aliphatic hydroxyl groups is 1. The van der Waals surface area contributed by atoms with Gasteiger partial charge < -0.3 is 14.6 Å². The maximum atomic E-state index is 12.9. The van der Waals surface area contributed by atoms with E-state index in [9.17, 15) is 14.7 Å². The Morgan fingerprint density at radius 2 is 0.949 bits per heavy atom. The molecule has 0 aromatic heterocycles. The second-order valence-electron chi connectivity index (χ2n) is 18.6. The fourth-order valence-corrected chi connectivity index (χ4v) is 9.15. The van der Waals surface area contributed by atoms with Crippen LogP contribution in [0.2, 0.25) is 0 Å². The van der Waals surface area contributed by atoms with Crippen molar-refractivity contribution in [2.24, 2.45) is 5.92 Å². The third-order valence-corrected chi connectivity index (χ3v) is 13.1. The molecule has 59 heavy (non-hydrogen) atoms. The zero-order chi connectivity index (χ0) is 42.7. The zero-order valence-electron chi connectivity index (χ0n) is 39.9. The summed E-state index contributed by atoms with van der Waals surface area (Å²) in [6.45, 7) is 12.9. The van der Waals surface area contributed by atoms with Crippen LogP contribution in [0.3, 0.4) is 0 Å². The molecule has 0 spiro atoms. The van der Waals surface area contributed by atoms with Crippen molar-refractivity contribution >= 4 is 11.9 Å². The summed E-state index contributed by atoms with van der Waals surface area (Å²) >= 11 is 0. The van der Waals surface area contributed by atoms with Crippen LogP contribution in [0.1, 0.15) is 258 Å². The predicted octanol–water partition coefficient (Wildman–Crippen LogP) is 14.2. The summed E-state index contributed by atoms with van der Waals surface area (Å²) in [6, 6.07) is 0.661. The van der Waals surface area contributed by atoms with Crippen LogP contribution in [0.5, 0.6) is 0 Å². The fraction of sp³-hybridized carbons (Fsp3) is 0.962. The first-order valence-electron chi connectivity index (χ1n) is 26.4. The molecule has 0 radical (unpaired) electrons. The fourth-order valence-electron chi connectivity index (χ4n) is 9.15. The van der Waals surface area contributed by atoms with Gasteiger partial charge >= 0.3 is 11.9 Å². The number of carbonyl (C=O) groups is 2. The molecule has 0 aromatic rings. The molecule has 0 atom stereocenters. The van der Waals surface area contributed by atoms with Crippen LogP contribution in [0.4, 0.5) is 0 Å². The molecular weight excluding hydrogens is 733 g/mol. The molecule has 0 heterocycles. The van der Waals surface area contributed by atoms with Crippen LogP contribution in [-0.2, 0) is 19.1 Å². The van der Waals surface area contributed by atoms with E-state index in [1.54, 1.807) is 0 Å². The van der Waals surface area contributed by atoms with E-state index in [2.05, 4.69) is 30.6 Å². The third-order valence-electron chi connectivity index (χ3n) is 13.1. The SMILES string of the molecule is CCCCCCCCCCCC(=O)OCCCCCN(CCN(CCO)CCCCCOC(=O)CC(CCCCCCCC)CCCCCCCC)C1CCCCCC1. The Hall–Kier alpha value is -1.18. The number of hydrogen-bond acceptors (Lipinski definition) is 7. The lowest BCUT2D eigenvalue weighted by Crippen LogP contribution is -2.42. The van der Waals surface area contributed by atoms with Crippen molar-refractivity contribution in [3.63, 3.8) is 0 Å². The standard InChI is InChI=1S/C52H102N2O5/c1-4-7-10-13-16-17-18-21-30-39-51(56)58-46-34-25-32-41-54(50-37-28-22-23-29-38-50)43-42-53(44-45-55)40-31-24-33-47-59-52(57)48-49(35-26-19-14-11-8-5-2)36-27-20-15-12-9-6-3/h49-50,55H,4-48H2,1-3H3. The van der Waals surface area contributed by atoms with E-state index < -0.39 is 0 Å². The van der Waals surface area contributed by atoms with E-state index in [0.29, 0.717) is 38.0 Å². The number of nitrogens with zero attached hydrogens (tertiary/aromatic N) is 2. The average molecular weight is 835 g/mol. The highest BCUT2D eigenvalue weighted by molar-refractivity contribution is 5.69. The summed E-state index contributed by atoms with van der Waals surface area (Å²) in [5.74, 6) is 0.477. The number of ether oxygens (including phenoxy) is 2. The predicted molar refractivity (Wildman–Crippen MR) is 252 cm³/mol. The minimum absolute atomic E-state index is 0.0119. The molecule has 1 fully saturated rings. The smallest absolute Gasteiger partial charge is 0.306 e. The molecule has 7 nitrogen and oxygen atoms in total. The molecule has 0 bridgehead atoms. The maximum Gasteiger partial charge on any atom is 0.306 e. The molecule has 1 rings (SSSR count).